The lowest BCUT2D eigenvalue weighted by molar-refractivity contribution is -0.137. The molecule has 0 atom stereocenters. The molecular weight excluding hydrogens is 307 g/mol. The number of likely N-dealkylation sites (tertiary alicyclic amines) is 1. The van der Waals surface area contributed by atoms with E-state index in [1.807, 2.05) is 14.1 Å². The lowest BCUT2D eigenvalue weighted by atomic mass is 10.0. The van der Waals surface area contributed by atoms with Gasteiger partial charge in [0.15, 0.2) is 0 Å². The third-order valence-corrected chi connectivity index (χ3v) is 4.18. The lowest BCUT2D eigenvalue weighted by Crippen LogP contribution is -2.46. The molecule has 0 radical (unpaired) electrons. The predicted molar refractivity (Wildman–Crippen MR) is 83.2 cm³/mol. The first-order valence-electron chi connectivity index (χ1n) is 7.62. The number of nitrogens with one attached hydrogen (secondary N) is 1. The Morgan fingerprint density at radius 1 is 1.30 bits per heavy atom. The molecule has 1 aromatic rings. The van der Waals surface area contributed by atoms with E-state index in [1.165, 1.54) is 12.1 Å². The van der Waals surface area contributed by atoms with Crippen molar-refractivity contribution < 1.29 is 18.0 Å². The Labute approximate surface area is 134 Å². The topological polar surface area (TPSA) is 35.6 Å². The molecule has 1 aliphatic rings. The van der Waals surface area contributed by atoms with Gasteiger partial charge in [0, 0.05) is 24.8 Å². The summed E-state index contributed by atoms with van der Waals surface area (Å²) in [6, 6.07) is 5.37. The van der Waals surface area contributed by atoms with Crippen LogP contribution in [0.25, 0.3) is 0 Å². The van der Waals surface area contributed by atoms with Crippen molar-refractivity contribution in [2.24, 2.45) is 0 Å². The van der Waals surface area contributed by atoms with Gasteiger partial charge in [-0.1, -0.05) is 6.07 Å². The number of rotatable bonds is 4. The van der Waals surface area contributed by atoms with Gasteiger partial charge in [-0.25, -0.2) is 0 Å². The Hall–Kier alpha value is -1.76. The number of alkyl halides is 3. The molecule has 1 aliphatic heterocycles. The summed E-state index contributed by atoms with van der Waals surface area (Å²) in [5.74, 6) is -0.0837. The average molecular weight is 329 g/mol. The first-order valence-corrected chi connectivity index (χ1v) is 7.62. The van der Waals surface area contributed by atoms with E-state index in [0.717, 1.165) is 25.0 Å². The van der Waals surface area contributed by atoms with E-state index in [4.69, 9.17) is 0 Å². The maximum absolute atomic E-state index is 12.7. The molecule has 0 aromatic heterocycles. The minimum Gasteiger partial charge on any atom is -0.376 e. The molecule has 23 heavy (non-hydrogen) atoms. The summed E-state index contributed by atoms with van der Waals surface area (Å²) in [5, 5.41) is 2.79. The molecule has 0 spiro atoms. The number of hydrogen-bond acceptors (Lipinski definition) is 3. The summed E-state index contributed by atoms with van der Waals surface area (Å²) in [5.41, 5.74) is -0.418. The van der Waals surface area contributed by atoms with Crippen LogP contribution in [0.15, 0.2) is 24.3 Å². The highest BCUT2D eigenvalue weighted by Crippen LogP contribution is 2.30. The van der Waals surface area contributed by atoms with E-state index in [1.54, 1.807) is 4.90 Å². The van der Waals surface area contributed by atoms with Crippen LogP contribution < -0.4 is 5.32 Å². The van der Waals surface area contributed by atoms with Gasteiger partial charge < -0.3 is 15.1 Å². The Morgan fingerprint density at radius 2 is 1.96 bits per heavy atom. The summed E-state index contributed by atoms with van der Waals surface area (Å²) in [4.78, 5) is 16.1. The largest absolute Gasteiger partial charge is 0.416 e. The van der Waals surface area contributed by atoms with Crippen LogP contribution in [0.4, 0.5) is 18.9 Å². The zero-order chi connectivity index (χ0) is 17.0. The number of piperidine rings is 1. The van der Waals surface area contributed by atoms with E-state index < -0.39 is 11.7 Å². The van der Waals surface area contributed by atoms with Gasteiger partial charge in [-0.3, -0.25) is 4.79 Å². The van der Waals surface area contributed by atoms with Gasteiger partial charge in [0.2, 0.25) is 5.91 Å². The number of halogens is 3. The molecular formula is C16H22F3N3O. The average Bonchev–Trinajstić information content (AvgIpc) is 2.52. The smallest absolute Gasteiger partial charge is 0.376 e. The van der Waals surface area contributed by atoms with Crippen LogP contribution in [0.2, 0.25) is 0 Å². The fourth-order valence-corrected chi connectivity index (χ4v) is 2.73. The maximum atomic E-state index is 12.7. The first kappa shape index (κ1) is 17.6. The zero-order valence-corrected chi connectivity index (χ0v) is 13.4. The molecule has 0 saturated carbocycles. The molecule has 0 aliphatic carbocycles. The van der Waals surface area contributed by atoms with Gasteiger partial charge in [0.25, 0.3) is 0 Å². The number of benzene rings is 1. The van der Waals surface area contributed by atoms with Crippen molar-refractivity contribution >= 4 is 11.6 Å². The lowest BCUT2D eigenvalue weighted by Gasteiger charge is -2.35. The summed E-state index contributed by atoms with van der Waals surface area (Å²) in [7, 11) is 4.05. The fourth-order valence-electron chi connectivity index (χ4n) is 2.73. The van der Waals surface area contributed by atoms with Crippen LogP contribution in [0.3, 0.4) is 0 Å². The summed E-state index contributed by atoms with van der Waals surface area (Å²) in [6.07, 6.45) is -2.54. The van der Waals surface area contributed by atoms with Crippen molar-refractivity contribution in [2.75, 3.05) is 39.0 Å². The van der Waals surface area contributed by atoms with Gasteiger partial charge in [-0.05, 0) is 45.1 Å². The highest BCUT2D eigenvalue weighted by atomic mass is 19.4. The van der Waals surface area contributed by atoms with Crippen LogP contribution in [-0.2, 0) is 11.0 Å². The molecule has 1 fully saturated rings. The number of anilines is 1. The first-order chi connectivity index (χ1) is 10.8. The van der Waals surface area contributed by atoms with Gasteiger partial charge in [-0.15, -0.1) is 0 Å². The van der Waals surface area contributed by atoms with Gasteiger partial charge in [0.1, 0.15) is 0 Å². The van der Waals surface area contributed by atoms with E-state index in [9.17, 15) is 18.0 Å². The fraction of sp³-hybridized carbons (Fsp3) is 0.562. The highest BCUT2D eigenvalue weighted by molar-refractivity contribution is 5.81. The third-order valence-electron chi connectivity index (χ3n) is 4.18. The highest BCUT2D eigenvalue weighted by Gasteiger charge is 2.30. The van der Waals surface area contributed by atoms with Crippen molar-refractivity contribution in [1.29, 1.82) is 0 Å². The molecule has 7 heteroatoms. The predicted octanol–water partition coefficient (Wildman–Crippen LogP) is 2.67. The number of nitrogens with zero attached hydrogens (tertiary/aromatic N) is 2. The van der Waals surface area contributed by atoms with Crippen molar-refractivity contribution in [1.82, 2.24) is 9.80 Å². The Bertz CT molecular complexity index is 538. The molecule has 1 N–H and O–H groups in total. The quantitative estimate of drug-likeness (QED) is 0.922. The SMILES string of the molecule is CN(C)C1CCN(C(=O)CNc2cccc(C(F)(F)F)c2)CC1. The molecule has 0 bridgehead atoms. The van der Waals surface area contributed by atoms with Crippen LogP contribution in [0, 0.1) is 0 Å². The number of hydrogen-bond donors (Lipinski definition) is 1. The molecule has 1 heterocycles. The van der Waals surface area contributed by atoms with E-state index >= 15 is 0 Å². The molecule has 2 rings (SSSR count). The monoisotopic (exact) mass is 329 g/mol. The third kappa shape index (κ3) is 4.86. The molecule has 1 amide bonds. The zero-order valence-electron chi connectivity index (χ0n) is 13.4. The molecule has 1 aromatic carbocycles. The van der Waals surface area contributed by atoms with Crippen molar-refractivity contribution in [3.8, 4) is 0 Å². The molecule has 128 valence electrons. The second-order valence-electron chi connectivity index (χ2n) is 6.01. The van der Waals surface area contributed by atoms with Gasteiger partial charge >= 0.3 is 6.18 Å². The minimum absolute atomic E-state index is 0.00788. The van der Waals surface area contributed by atoms with Crippen molar-refractivity contribution in [3.05, 3.63) is 29.8 Å². The normalized spacial score (nSPS) is 16.7. The van der Waals surface area contributed by atoms with E-state index in [-0.39, 0.29) is 12.5 Å². The second-order valence-corrected chi connectivity index (χ2v) is 6.01. The number of carbonyl (C=O) groups is 1. The summed E-state index contributed by atoms with van der Waals surface area (Å²) >= 11 is 0. The van der Waals surface area contributed by atoms with E-state index in [2.05, 4.69) is 10.2 Å². The standard InChI is InChI=1S/C16H22F3N3O/c1-21(2)14-6-8-22(9-7-14)15(23)11-20-13-5-3-4-12(10-13)16(17,18)19/h3-5,10,14,20H,6-9,11H2,1-2H3. The Kier molecular flexibility index (Phi) is 5.51. The van der Waals surface area contributed by atoms with Gasteiger partial charge in [-0.2, -0.15) is 13.2 Å². The van der Waals surface area contributed by atoms with Crippen LogP contribution in [0.5, 0.6) is 0 Å². The Balaban J connectivity index is 1.86. The summed E-state index contributed by atoms with van der Waals surface area (Å²) in [6.45, 7) is 1.38. The van der Waals surface area contributed by atoms with E-state index in [0.29, 0.717) is 24.8 Å². The Morgan fingerprint density at radius 3 is 2.52 bits per heavy atom. The van der Waals surface area contributed by atoms with Crippen LogP contribution in [-0.4, -0.2) is 55.5 Å². The molecule has 4 nitrogen and oxygen atoms in total. The molecule has 0 unspecified atom stereocenters. The molecule has 1 saturated heterocycles. The second kappa shape index (κ2) is 7.21. The number of amides is 1. The van der Waals surface area contributed by atoms with Crippen LogP contribution in [0.1, 0.15) is 18.4 Å². The maximum Gasteiger partial charge on any atom is 0.416 e. The number of carbonyl (C=O) groups excluding carboxylic acids is 1. The van der Waals surface area contributed by atoms with Crippen molar-refractivity contribution in [3.63, 3.8) is 0 Å². The van der Waals surface area contributed by atoms with Crippen LogP contribution >= 0.6 is 0 Å². The van der Waals surface area contributed by atoms with Gasteiger partial charge in [0.05, 0.1) is 12.1 Å². The summed E-state index contributed by atoms with van der Waals surface area (Å²) < 4.78 is 38.0. The minimum atomic E-state index is -4.38. The van der Waals surface area contributed by atoms with Crippen molar-refractivity contribution in [2.45, 2.75) is 25.1 Å².